The van der Waals surface area contributed by atoms with Gasteiger partial charge in [0.25, 0.3) is 5.69 Å². The Balaban J connectivity index is 2.64. The maximum atomic E-state index is 10.7. The molecule has 1 rings (SSSR count). The van der Waals surface area contributed by atoms with Crippen LogP contribution in [-0.4, -0.2) is 24.2 Å². The Morgan fingerprint density at radius 3 is 2.88 bits per heavy atom. The molecule has 1 aromatic carbocycles. The van der Waals surface area contributed by atoms with Crippen LogP contribution in [0, 0.1) is 10.1 Å². The fourth-order valence-corrected chi connectivity index (χ4v) is 1.31. The lowest BCUT2D eigenvalue weighted by Crippen LogP contribution is -2.18. The average molecular weight is 260 g/mol. The van der Waals surface area contributed by atoms with Crippen LogP contribution in [0.1, 0.15) is 0 Å². The normalized spacial score (nSPS) is 9.71. The van der Waals surface area contributed by atoms with E-state index in [-0.39, 0.29) is 23.9 Å². The minimum Gasteiger partial charge on any atom is -0.448 e. The van der Waals surface area contributed by atoms with Gasteiger partial charge in [-0.3, -0.25) is 10.1 Å². The van der Waals surface area contributed by atoms with E-state index in [0.717, 1.165) is 0 Å². The first kappa shape index (κ1) is 13.0. The van der Waals surface area contributed by atoms with Crippen LogP contribution < -0.4 is 11.1 Å². The Hall–Kier alpha value is -2.02. The molecule has 8 heteroatoms. The van der Waals surface area contributed by atoms with Crippen LogP contribution in [0.15, 0.2) is 18.2 Å². The molecule has 0 unspecified atom stereocenters. The zero-order valence-corrected chi connectivity index (χ0v) is 9.44. The van der Waals surface area contributed by atoms with Crippen LogP contribution >= 0.6 is 11.6 Å². The summed E-state index contributed by atoms with van der Waals surface area (Å²) in [7, 11) is 0. The predicted molar refractivity (Wildman–Crippen MR) is 62.1 cm³/mol. The maximum absolute atomic E-state index is 10.7. The molecule has 0 spiro atoms. The first-order valence-electron chi connectivity index (χ1n) is 4.60. The molecule has 7 nitrogen and oxygen atoms in total. The summed E-state index contributed by atoms with van der Waals surface area (Å²) in [5.41, 5.74) is 4.91. The van der Waals surface area contributed by atoms with Crippen molar-refractivity contribution in [3.63, 3.8) is 0 Å². The van der Waals surface area contributed by atoms with Crippen molar-refractivity contribution < 1.29 is 14.5 Å². The predicted octanol–water partition coefficient (Wildman–Crippen LogP) is 1.76. The average Bonchev–Trinajstić information content (AvgIpc) is 2.25. The quantitative estimate of drug-likeness (QED) is 0.476. The summed E-state index contributed by atoms with van der Waals surface area (Å²) >= 11 is 5.65. The number of primary amides is 1. The number of halogens is 1. The number of carbonyl (C=O) groups excluding carboxylic acids is 1. The second kappa shape index (κ2) is 5.90. The van der Waals surface area contributed by atoms with E-state index in [0.29, 0.717) is 5.69 Å². The van der Waals surface area contributed by atoms with Crippen LogP contribution in [0.5, 0.6) is 0 Å². The lowest BCUT2D eigenvalue weighted by atomic mass is 10.2. The van der Waals surface area contributed by atoms with Crippen LogP contribution in [0.4, 0.5) is 16.2 Å². The molecular weight excluding hydrogens is 250 g/mol. The minimum atomic E-state index is -0.891. The number of hydrogen-bond acceptors (Lipinski definition) is 5. The SMILES string of the molecule is NC(=O)OCCNc1ccc(Cl)cc1[N+](=O)[O-]. The third-order valence-electron chi connectivity index (χ3n) is 1.82. The highest BCUT2D eigenvalue weighted by atomic mass is 35.5. The van der Waals surface area contributed by atoms with Crippen molar-refractivity contribution in [2.45, 2.75) is 0 Å². The van der Waals surface area contributed by atoms with Crippen molar-refractivity contribution in [3.05, 3.63) is 33.3 Å². The molecule has 1 aromatic rings. The first-order valence-corrected chi connectivity index (χ1v) is 4.98. The summed E-state index contributed by atoms with van der Waals surface area (Å²) < 4.78 is 4.47. The van der Waals surface area contributed by atoms with Gasteiger partial charge < -0.3 is 15.8 Å². The molecule has 0 aliphatic heterocycles. The summed E-state index contributed by atoms with van der Waals surface area (Å²) in [5.74, 6) is 0. The standard InChI is InChI=1S/C9H10ClN3O4/c10-6-1-2-7(8(5-6)13(15)16)12-3-4-17-9(11)14/h1-2,5,12H,3-4H2,(H2,11,14). The number of rotatable bonds is 5. The van der Waals surface area contributed by atoms with Gasteiger partial charge in [-0.1, -0.05) is 11.6 Å². The third-order valence-corrected chi connectivity index (χ3v) is 2.05. The number of amides is 1. The molecule has 0 atom stereocenters. The Labute approximate surface area is 102 Å². The molecule has 0 bridgehead atoms. The first-order chi connectivity index (χ1) is 8.00. The summed E-state index contributed by atoms with van der Waals surface area (Å²) in [6, 6.07) is 4.23. The Morgan fingerprint density at radius 2 is 2.29 bits per heavy atom. The molecule has 0 aromatic heterocycles. The zero-order valence-electron chi connectivity index (χ0n) is 8.68. The van der Waals surface area contributed by atoms with E-state index in [1.54, 1.807) is 0 Å². The Bertz CT molecular complexity index is 438. The highest BCUT2D eigenvalue weighted by Gasteiger charge is 2.13. The minimum absolute atomic E-state index is 0.0229. The monoisotopic (exact) mass is 259 g/mol. The Morgan fingerprint density at radius 1 is 1.59 bits per heavy atom. The van der Waals surface area contributed by atoms with Crippen LogP contribution in [0.2, 0.25) is 5.02 Å². The van der Waals surface area contributed by atoms with Crippen LogP contribution in [0.25, 0.3) is 0 Å². The summed E-state index contributed by atoms with van der Waals surface area (Å²) in [6.45, 7) is 0.237. The molecule has 0 saturated heterocycles. The highest BCUT2D eigenvalue weighted by molar-refractivity contribution is 6.30. The molecule has 0 radical (unpaired) electrons. The van der Waals surface area contributed by atoms with Crippen molar-refractivity contribution >= 4 is 29.1 Å². The number of ether oxygens (including phenoxy) is 1. The number of anilines is 1. The second-order valence-electron chi connectivity index (χ2n) is 3.01. The molecule has 0 heterocycles. The summed E-state index contributed by atoms with van der Waals surface area (Å²) in [6.07, 6.45) is -0.891. The number of carbonyl (C=O) groups is 1. The van der Waals surface area contributed by atoms with E-state index < -0.39 is 11.0 Å². The van der Waals surface area contributed by atoms with Gasteiger partial charge in [-0.25, -0.2) is 4.79 Å². The van der Waals surface area contributed by atoms with E-state index in [1.807, 2.05) is 0 Å². The van der Waals surface area contributed by atoms with Gasteiger partial charge in [0, 0.05) is 17.6 Å². The molecular formula is C9H10ClN3O4. The number of nitro groups is 1. The molecule has 0 fully saturated rings. The number of hydrogen-bond donors (Lipinski definition) is 2. The molecule has 17 heavy (non-hydrogen) atoms. The van der Waals surface area contributed by atoms with E-state index in [4.69, 9.17) is 17.3 Å². The third kappa shape index (κ3) is 4.15. The van der Waals surface area contributed by atoms with Crippen molar-refractivity contribution in [1.29, 1.82) is 0 Å². The van der Waals surface area contributed by atoms with Crippen molar-refractivity contribution in [1.82, 2.24) is 0 Å². The van der Waals surface area contributed by atoms with Gasteiger partial charge in [-0.2, -0.15) is 0 Å². The molecule has 0 aliphatic rings. The molecule has 1 amide bonds. The van der Waals surface area contributed by atoms with Crippen molar-refractivity contribution in [2.24, 2.45) is 5.73 Å². The largest absolute Gasteiger partial charge is 0.448 e. The van der Waals surface area contributed by atoms with E-state index >= 15 is 0 Å². The topological polar surface area (TPSA) is 107 Å². The van der Waals surface area contributed by atoms with Gasteiger partial charge in [-0.15, -0.1) is 0 Å². The number of benzene rings is 1. The number of nitro benzene ring substituents is 1. The Kier molecular flexibility index (Phi) is 4.53. The van der Waals surface area contributed by atoms with E-state index in [1.165, 1.54) is 18.2 Å². The molecule has 3 N–H and O–H groups in total. The van der Waals surface area contributed by atoms with E-state index in [9.17, 15) is 14.9 Å². The van der Waals surface area contributed by atoms with E-state index in [2.05, 4.69) is 10.1 Å². The van der Waals surface area contributed by atoms with Crippen LogP contribution in [-0.2, 0) is 4.74 Å². The van der Waals surface area contributed by atoms with Crippen LogP contribution in [0.3, 0.4) is 0 Å². The second-order valence-corrected chi connectivity index (χ2v) is 3.45. The number of nitrogens with two attached hydrogens (primary N) is 1. The van der Waals surface area contributed by atoms with Gasteiger partial charge in [0.15, 0.2) is 0 Å². The highest BCUT2D eigenvalue weighted by Crippen LogP contribution is 2.27. The summed E-state index contributed by atoms with van der Waals surface area (Å²) in [4.78, 5) is 20.4. The van der Waals surface area contributed by atoms with Gasteiger partial charge in [0.1, 0.15) is 12.3 Å². The molecule has 0 aliphatic carbocycles. The van der Waals surface area contributed by atoms with Crippen molar-refractivity contribution in [2.75, 3.05) is 18.5 Å². The maximum Gasteiger partial charge on any atom is 0.404 e. The number of nitrogens with one attached hydrogen (secondary N) is 1. The van der Waals surface area contributed by atoms with Gasteiger partial charge >= 0.3 is 6.09 Å². The lowest BCUT2D eigenvalue weighted by molar-refractivity contribution is -0.383. The van der Waals surface area contributed by atoms with Gasteiger partial charge in [0.05, 0.1) is 4.92 Å². The lowest BCUT2D eigenvalue weighted by Gasteiger charge is -2.07. The zero-order chi connectivity index (χ0) is 12.8. The molecule has 92 valence electrons. The number of nitrogens with zero attached hydrogens (tertiary/aromatic N) is 1. The van der Waals surface area contributed by atoms with Gasteiger partial charge in [0.2, 0.25) is 0 Å². The molecule has 0 saturated carbocycles. The fraction of sp³-hybridized carbons (Fsp3) is 0.222. The summed E-state index contributed by atoms with van der Waals surface area (Å²) in [5, 5.41) is 13.7. The fourth-order valence-electron chi connectivity index (χ4n) is 1.14. The van der Waals surface area contributed by atoms with Gasteiger partial charge in [-0.05, 0) is 12.1 Å². The smallest absolute Gasteiger partial charge is 0.404 e. The van der Waals surface area contributed by atoms with Crippen molar-refractivity contribution in [3.8, 4) is 0 Å².